The van der Waals surface area contributed by atoms with E-state index >= 15 is 0 Å². The Morgan fingerprint density at radius 3 is 2.71 bits per heavy atom. The van der Waals surface area contributed by atoms with Crippen LogP contribution in [0.5, 0.6) is 5.75 Å². The zero-order chi connectivity index (χ0) is 12.9. The first kappa shape index (κ1) is 13.9. The van der Waals surface area contributed by atoms with Crippen LogP contribution in [0.4, 0.5) is 0 Å². The van der Waals surface area contributed by atoms with E-state index in [1.807, 2.05) is 12.1 Å². The number of terminal acetylenes is 1. The Morgan fingerprint density at radius 2 is 2.12 bits per heavy atom. The molecule has 17 heavy (non-hydrogen) atoms. The average molecular weight is 252 g/mol. The molecule has 0 radical (unpaired) electrons. The number of nitrogens with one attached hydrogen (secondary N) is 1. The van der Waals surface area contributed by atoms with Crippen LogP contribution in [0.1, 0.15) is 26.3 Å². The van der Waals surface area contributed by atoms with Crippen molar-refractivity contribution in [3.05, 3.63) is 28.8 Å². The molecule has 0 amide bonds. The van der Waals surface area contributed by atoms with E-state index in [1.54, 1.807) is 6.07 Å². The van der Waals surface area contributed by atoms with E-state index in [2.05, 4.69) is 32.0 Å². The monoisotopic (exact) mass is 251 g/mol. The third-order valence-corrected chi connectivity index (χ3v) is 2.38. The molecule has 0 spiro atoms. The molecule has 3 heteroatoms. The van der Waals surface area contributed by atoms with Crippen LogP contribution in [0, 0.1) is 12.3 Å². The lowest BCUT2D eigenvalue weighted by Crippen LogP contribution is -2.35. The van der Waals surface area contributed by atoms with Crippen LogP contribution in [-0.4, -0.2) is 12.1 Å². The van der Waals surface area contributed by atoms with Crippen LogP contribution in [0.3, 0.4) is 0 Å². The van der Waals surface area contributed by atoms with Gasteiger partial charge in [0.2, 0.25) is 0 Å². The van der Waals surface area contributed by atoms with Gasteiger partial charge in [-0.3, -0.25) is 0 Å². The van der Waals surface area contributed by atoms with Crippen LogP contribution in [0.25, 0.3) is 0 Å². The molecule has 0 aliphatic carbocycles. The average Bonchev–Trinajstić information content (AvgIpc) is 2.24. The van der Waals surface area contributed by atoms with Gasteiger partial charge in [0, 0.05) is 22.7 Å². The van der Waals surface area contributed by atoms with Crippen molar-refractivity contribution in [2.75, 3.05) is 6.61 Å². The lowest BCUT2D eigenvalue weighted by molar-refractivity contribution is 0.359. The normalized spacial score (nSPS) is 11.0. The number of halogens is 1. The van der Waals surface area contributed by atoms with Crippen molar-refractivity contribution in [2.45, 2.75) is 32.9 Å². The molecular formula is C14H18ClNO. The Kier molecular flexibility index (Phi) is 4.86. The molecule has 0 aliphatic heterocycles. The molecule has 1 N–H and O–H groups in total. The van der Waals surface area contributed by atoms with Crippen molar-refractivity contribution in [3.63, 3.8) is 0 Å². The highest BCUT2D eigenvalue weighted by molar-refractivity contribution is 6.30. The number of rotatable bonds is 4. The lowest BCUT2D eigenvalue weighted by Gasteiger charge is -2.21. The van der Waals surface area contributed by atoms with E-state index in [9.17, 15) is 0 Å². The maximum Gasteiger partial charge on any atom is 0.148 e. The molecule has 0 fully saturated rings. The van der Waals surface area contributed by atoms with Crippen LogP contribution in [0.15, 0.2) is 18.2 Å². The second-order valence-electron chi connectivity index (χ2n) is 4.85. The summed E-state index contributed by atoms with van der Waals surface area (Å²) >= 11 is 5.98. The Morgan fingerprint density at radius 1 is 1.41 bits per heavy atom. The van der Waals surface area contributed by atoms with Crippen molar-refractivity contribution in [1.29, 1.82) is 0 Å². The van der Waals surface area contributed by atoms with E-state index in [-0.39, 0.29) is 12.1 Å². The Labute approximate surface area is 108 Å². The minimum Gasteiger partial charge on any atom is -0.481 e. The molecule has 1 aromatic carbocycles. The SMILES string of the molecule is C#CCOc1ccc(Cl)cc1CNC(C)(C)C. The molecule has 0 saturated carbocycles. The highest BCUT2D eigenvalue weighted by atomic mass is 35.5. The van der Waals surface area contributed by atoms with Gasteiger partial charge in [0.05, 0.1) is 0 Å². The summed E-state index contributed by atoms with van der Waals surface area (Å²) in [5.74, 6) is 3.24. The molecule has 0 saturated heterocycles. The first-order valence-electron chi connectivity index (χ1n) is 5.52. The van der Waals surface area contributed by atoms with E-state index in [0.717, 1.165) is 11.3 Å². The summed E-state index contributed by atoms with van der Waals surface area (Å²) in [5, 5.41) is 4.09. The van der Waals surface area contributed by atoms with Gasteiger partial charge in [0.1, 0.15) is 12.4 Å². The van der Waals surface area contributed by atoms with Gasteiger partial charge < -0.3 is 10.1 Å². The molecule has 2 nitrogen and oxygen atoms in total. The van der Waals surface area contributed by atoms with Gasteiger partial charge in [0.15, 0.2) is 0 Å². The van der Waals surface area contributed by atoms with Gasteiger partial charge >= 0.3 is 0 Å². The largest absolute Gasteiger partial charge is 0.481 e. The molecule has 0 heterocycles. The Balaban J connectivity index is 2.80. The van der Waals surface area contributed by atoms with Gasteiger partial charge in [-0.1, -0.05) is 17.5 Å². The first-order valence-corrected chi connectivity index (χ1v) is 5.90. The van der Waals surface area contributed by atoms with Crippen LogP contribution in [-0.2, 0) is 6.54 Å². The summed E-state index contributed by atoms with van der Waals surface area (Å²) in [7, 11) is 0. The second kappa shape index (κ2) is 5.95. The molecule has 0 aliphatic rings. The first-order chi connectivity index (χ1) is 7.92. The van der Waals surface area contributed by atoms with Crippen molar-refractivity contribution < 1.29 is 4.74 Å². The van der Waals surface area contributed by atoms with Crippen molar-refractivity contribution >= 4 is 11.6 Å². The molecule has 92 valence electrons. The summed E-state index contributed by atoms with van der Waals surface area (Å²) in [6.07, 6.45) is 5.18. The van der Waals surface area contributed by atoms with Gasteiger partial charge in [-0.05, 0) is 39.0 Å². The maximum absolute atomic E-state index is 5.98. The molecule has 0 bridgehead atoms. The fraction of sp³-hybridized carbons (Fsp3) is 0.429. The molecule has 1 rings (SSSR count). The molecular weight excluding hydrogens is 234 g/mol. The van der Waals surface area contributed by atoms with E-state index in [0.29, 0.717) is 11.6 Å². The Bertz CT molecular complexity index is 415. The summed E-state index contributed by atoms with van der Waals surface area (Å²) < 4.78 is 5.47. The van der Waals surface area contributed by atoms with Crippen molar-refractivity contribution in [2.24, 2.45) is 0 Å². The van der Waals surface area contributed by atoms with Crippen LogP contribution in [0.2, 0.25) is 5.02 Å². The third kappa shape index (κ3) is 5.12. The summed E-state index contributed by atoms with van der Waals surface area (Å²) in [6.45, 7) is 7.30. The molecule has 0 aromatic heterocycles. The number of hydrogen-bond donors (Lipinski definition) is 1. The predicted octanol–water partition coefficient (Wildman–Crippen LogP) is 3.24. The second-order valence-corrected chi connectivity index (χ2v) is 5.28. The molecule has 0 unspecified atom stereocenters. The number of benzene rings is 1. The summed E-state index contributed by atoms with van der Waals surface area (Å²) in [4.78, 5) is 0. The topological polar surface area (TPSA) is 21.3 Å². The smallest absolute Gasteiger partial charge is 0.148 e. The van der Waals surface area contributed by atoms with Gasteiger partial charge in [0.25, 0.3) is 0 Å². The van der Waals surface area contributed by atoms with Gasteiger partial charge in [-0.25, -0.2) is 0 Å². The number of ether oxygens (including phenoxy) is 1. The van der Waals surface area contributed by atoms with Crippen LogP contribution < -0.4 is 10.1 Å². The van der Waals surface area contributed by atoms with Crippen LogP contribution >= 0.6 is 11.6 Å². The molecule has 0 atom stereocenters. The predicted molar refractivity (Wildman–Crippen MR) is 72.4 cm³/mol. The quantitative estimate of drug-likeness (QED) is 0.830. The fourth-order valence-corrected chi connectivity index (χ4v) is 1.50. The third-order valence-electron chi connectivity index (χ3n) is 2.14. The lowest BCUT2D eigenvalue weighted by atomic mass is 10.1. The van der Waals surface area contributed by atoms with E-state index < -0.39 is 0 Å². The summed E-state index contributed by atoms with van der Waals surface area (Å²) in [6, 6.07) is 5.54. The standard InChI is InChI=1S/C14H18ClNO/c1-5-8-17-13-7-6-12(15)9-11(13)10-16-14(2,3)4/h1,6-7,9,16H,8,10H2,2-4H3. The van der Waals surface area contributed by atoms with Crippen molar-refractivity contribution in [3.8, 4) is 18.1 Å². The molecule has 1 aromatic rings. The Hall–Kier alpha value is -1.17. The highest BCUT2D eigenvalue weighted by Crippen LogP contribution is 2.23. The van der Waals surface area contributed by atoms with Gasteiger partial charge in [-0.2, -0.15) is 0 Å². The minimum absolute atomic E-state index is 0.0473. The summed E-state index contributed by atoms with van der Waals surface area (Å²) in [5.41, 5.74) is 1.06. The fourth-order valence-electron chi connectivity index (χ4n) is 1.31. The van der Waals surface area contributed by atoms with Gasteiger partial charge in [-0.15, -0.1) is 6.42 Å². The number of hydrogen-bond acceptors (Lipinski definition) is 2. The maximum atomic E-state index is 5.98. The van der Waals surface area contributed by atoms with E-state index in [1.165, 1.54) is 0 Å². The highest BCUT2D eigenvalue weighted by Gasteiger charge is 2.11. The zero-order valence-electron chi connectivity index (χ0n) is 10.5. The van der Waals surface area contributed by atoms with Crippen molar-refractivity contribution in [1.82, 2.24) is 5.32 Å². The minimum atomic E-state index is 0.0473. The van der Waals surface area contributed by atoms with E-state index in [4.69, 9.17) is 22.8 Å². The zero-order valence-corrected chi connectivity index (χ0v) is 11.3.